The molecule has 0 atom stereocenters. The number of para-hydroxylation sites is 1. The number of hydrogen-bond acceptors (Lipinski definition) is 1. The van der Waals surface area contributed by atoms with Crippen LogP contribution < -0.4 is 0 Å². The summed E-state index contributed by atoms with van der Waals surface area (Å²) < 4.78 is 0. The fraction of sp³-hybridized carbons (Fsp3) is 0.421. The van der Waals surface area contributed by atoms with Crippen LogP contribution >= 0.6 is 11.6 Å². The third-order valence-corrected chi connectivity index (χ3v) is 4.48. The van der Waals surface area contributed by atoms with Crippen LogP contribution in [0.25, 0.3) is 0 Å². The average Bonchev–Trinajstić information content (AvgIpc) is 2.81. The summed E-state index contributed by atoms with van der Waals surface area (Å²) in [5, 5.41) is 0.721. The lowest BCUT2D eigenvalue weighted by molar-refractivity contribution is 0.985. The normalized spacial score (nSPS) is 15.2. The van der Waals surface area contributed by atoms with Crippen molar-refractivity contribution in [2.24, 2.45) is 4.99 Å². The Labute approximate surface area is 133 Å². The van der Waals surface area contributed by atoms with Gasteiger partial charge in [0.15, 0.2) is 0 Å². The van der Waals surface area contributed by atoms with Gasteiger partial charge in [-0.05, 0) is 60.1 Å². The summed E-state index contributed by atoms with van der Waals surface area (Å²) in [5.41, 5.74) is 7.86. The van der Waals surface area contributed by atoms with Gasteiger partial charge in [-0.25, -0.2) is 4.99 Å². The molecule has 0 saturated heterocycles. The lowest BCUT2D eigenvalue weighted by Crippen LogP contribution is -2.02. The van der Waals surface area contributed by atoms with Crippen molar-refractivity contribution in [3.63, 3.8) is 0 Å². The lowest BCUT2D eigenvalue weighted by atomic mass is 9.99. The molecule has 0 saturated carbocycles. The minimum atomic E-state index is 0.721. The highest BCUT2D eigenvalue weighted by Gasteiger charge is 2.26. The molecule has 0 amide bonds. The Hall–Kier alpha value is -1.34. The predicted molar refractivity (Wildman–Crippen MR) is 93.8 cm³/mol. The van der Waals surface area contributed by atoms with Crippen molar-refractivity contribution in [1.29, 1.82) is 0 Å². The molecule has 2 rings (SSSR count). The second-order valence-corrected chi connectivity index (χ2v) is 5.65. The molecule has 1 nitrogen and oxygen atoms in total. The maximum Gasteiger partial charge on any atom is 0.0823 e. The highest BCUT2D eigenvalue weighted by Crippen LogP contribution is 2.39. The molecule has 0 spiro atoms. The minimum Gasteiger partial charge on any atom is -0.247 e. The first-order valence-corrected chi connectivity index (χ1v) is 8.33. The molecule has 0 heterocycles. The Bertz CT molecular complexity index is 590. The molecular weight excluding hydrogens is 278 g/mol. The van der Waals surface area contributed by atoms with E-state index in [1.165, 1.54) is 28.0 Å². The van der Waals surface area contributed by atoms with E-state index < -0.39 is 0 Å². The Kier molecular flexibility index (Phi) is 5.41. The third kappa shape index (κ3) is 2.98. The summed E-state index contributed by atoms with van der Waals surface area (Å²) in [6, 6.07) is 7.84. The van der Waals surface area contributed by atoms with Gasteiger partial charge in [0, 0.05) is 0 Å². The molecule has 0 bridgehead atoms. The zero-order chi connectivity index (χ0) is 15.4. The van der Waals surface area contributed by atoms with E-state index in [4.69, 9.17) is 16.6 Å². The van der Waals surface area contributed by atoms with Gasteiger partial charge in [0.1, 0.15) is 0 Å². The first kappa shape index (κ1) is 16.0. The molecule has 1 aromatic carbocycles. The van der Waals surface area contributed by atoms with Crippen LogP contribution in [0.5, 0.6) is 0 Å². The number of nitrogens with zero attached hydrogens (tertiary/aromatic N) is 1. The van der Waals surface area contributed by atoms with E-state index in [1.807, 2.05) is 24.3 Å². The summed E-state index contributed by atoms with van der Waals surface area (Å²) in [7, 11) is 0. The fourth-order valence-electron chi connectivity index (χ4n) is 3.25. The van der Waals surface area contributed by atoms with E-state index in [1.54, 1.807) is 0 Å². The van der Waals surface area contributed by atoms with Crippen molar-refractivity contribution in [1.82, 2.24) is 0 Å². The Morgan fingerprint density at radius 3 is 1.67 bits per heavy atom. The van der Waals surface area contributed by atoms with E-state index in [-0.39, 0.29) is 0 Å². The van der Waals surface area contributed by atoms with Crippen LogP contribution in [-0.2, 0) is 0 Å². The van der Waals surface area contributed by atoms with Crippen LogP contribution in [0.3, 0.4) is 0 Å². The molecule has 0 aliphatic heterocycles. The highest BCUT2D eigenvalue weighted by atomic mass is 35.5. The summed E-state index contributed by atoms with van der Waals surface area (Å²) in [5.74, 6) is 0. The van der Waals surface area contributed by atoms with Crippen LogP contribution in [0, 0.1) is 0 Å². The van der Waals surface area contributed by atoms with E-state index >= 15 is 0 Å². The summed E-state index contributed by atoms with van der Waals surface area (Å²) >= 11 is 6.29. The van der Waals surface area contributed by atoms with Crippen LogP contribution in [0.4, 0.5) is 5.69 Å². The fourth-order valence-corrected chi connectivity index (χ4v) is 3.42. The smallest absolute Gasteiger partial charge is 0.0823 e. The van der Waals surface area contributed by atoms with Gasteiger partial charge in [-0.2, -0.15) is 0 Å². The first-order valence-electron chi connectivity index (χ1n) is 7.96. The van der Waals surface area contributed by atoms with Crippen molar-refractivity contribution < 1.29 is 0 Å². The Balaban J connectivity index is 2.62. The molecule has 1 aromatic rings. The molecule has 0 N–H and O–H groups in total. The molecule has 0 aromatic heterocycles. The van der Waals surface area contributed by atoms with Gasteiger partial charge in [0.2, 0.25) is 0 Å². The Morgan fingerprint density at radius 1 is 0.762 bits per heavy atom. The molecule has 0 unspecified atom stereocenters. The molecule has 112 valence electrons. The molecular formula is C19H24ClN. The molecule has 2 heteroatoms. The van der Waals surface area contributed by atoms with Crippen LogP contribution in [0.1, 0.15) is 53.4 Å². The Morgan fingerprint density at radius 2 is 1.24 bits per heavy atom. The van der Waals surface area contributed by atoms with Crippen molar-refractivity contribution in [3.8, 4) is 0 Å². The summed E-state index contributed by atoms with van der Waals surface area (Å²) in [6.45, 7) is 8.93. The van der Waals surface area contributed by atoms with Crippen LogP contribution in [-0.4, -0.2) is 5.71 Å². The molecule has 1 aliphatic rings. The van der Waals surface area contributed by atoms with E-state index in [9.17, 15) is 0 Å². The zero-order valence-electron chi connectivity index (χ0n) is 13.5. The monoisotopic (exact) mass is 301 g/mol. The first-order chi connectivity index (χ1) is 10.2. The maximum absolute atomic E-state index is 6.29. The van der Waals surface area contributed by atoms with Gasteiger partial charge in [0.25, 0.3) is 0 Å². The van der Waals surface area contributed by atoms with Gasteiger partial charge in [-0.1, -0.05) is 51.4 Å². The standard InChI is InChI=1S/C19H24ClN/c1-5-13-14(6-2)16(8-4)19(15(13)7-3)21-18-12-10-9-11-17(18)20/h9-12H,5-8H2,1-4H3. The molecule has 0 radical (unpaired) electrons. The van der Waals surface area contributed by atoms with E-state index in [0.29, 0.717) is 0 Å². The summed E-state index contributed by atoms with van der Waals surface area (Å²) in [4.78, 5) is 4.93. The molecule has 0 fully saturated rings. The second-order valence-electron chi connectivity index (χ2n) is 5.24. The van der Waals surface area contributed by atoms with Crippen LogP contribution in [0.2, 0.25) is 5.02 Å². The van der Waals surface area contributed by atoms with Crippen molar-refractivity contribution in [2.75, 3.05) is 0 Å². The lowest BCUT2D eigenvalue weighted by Gasteiger charge is -2.08. The summed E-state index contributed by atoms with van der Waals surface area (Å²) in [6.07, 6.45) is 4.22. The number of allylic oxidation sites excluding steroid dienone is 4. The van der Waals surface area contributed by atoms with Gasteiger partial charge >= 0.3 is 0 Å². The number of aliphatic imine (C=N–C) groups is 1. The quantitative estimate of drug-likeness (QED) is 0.576. The van der Waals surface area contributed by atoms with Crippen molar-refractivity contribution in [2.45, 2.75) is 53.4 Å². The maximum atomic E-state index is 6.29. The number of hydrogen-bond donors (Lipinski definition) is 0. The highest BCUT2D eigenvalue weighted by molar-refractivity contribution is 6.33. The van der Waals surface area contributed by atoms with Gasteiger partial charge in [-0.15, -0.1) is 0 Å². The van der Waals surface area contributed by atoms with Crippen LogP contribution in [0.15, 0.2) is 51.6 Å². The second kappa shape index (κ2) is 7.09. The largest absolute Gasteiger partial charge is 0.247 e. The molecule has 21 heavy (non-hydrogen) atoms. The third-order valence-electron chi connectivity index (χ3n) is 4.16. The van der Waals surface area contributed by atoms with Crippen molar-refractivity contribution in [3.05, 3.63) is 51.6 Å². The minimum absolute atomic E-state index is 0.721. The predicted octanol–water partition coefficient (Wildman–Crippen LogP) is 6.66. The number of rotatable bonds is 5. The molecule has 1 aliphatic carbocycles. The topological polar surface area (TPSA) is 12.4 Å². The van der Waals surface area contributed by atoms with Gasteiger partial charge in [-0.3, -0.25) is 0 Å². The van der Waals surface area contributed by atoms with E-state index in [2.05, 4.69) is 27.7 Å². The average molecular weight is 302 g/mol. The SMILES string of the molecule is CCC1=C(CC)C(CC)=C(CC)C1=Nc1ccccc1Cl. The number of halogens is 1. The van der Waals surface area contributed by atoms with Crippen molar-refractivity contribution >= 4 is 23.0 Å². The number of benzene rings is 1. The zero-order valence-corrected chi connectivity index (χ0v) is 14.2. The van der Waals surface area contributed by atoms with E-state index in [0.717, 1.165) is 36.4 Å². The van der Waals surface area contributed by atoms with Gasteiger partial charge < -0.3 is 0 Å². The van der Waals surface area contributed by atoms with Gasteiger partial charge in [0.05, 0.1) is 16.4 Å².